The number of hydrogen-bond acceptors (Lipinski definition) is 2. The Balaban J connectivity index is 2.51. The maximum atomic E-state index is 5.86. The van der Waals surface area contributed by atoms with Crippen molar-refractivity contribution >= 4 is 0 Å². The molecule has 17 heavy (non-hydrogen) atoms. The van der Waals surface area contributed by atoms with E-state index in [2.05, 4.69) is 52.1 Å². The van der Waals surface area contributed by atoms with Gasteiger partial charge in [0.15, 0.2) is 0 Å². The molecule has 0 heterocycles. The Bertz CT molecular complexity index is 358. The monoisotopic (exact) mass is 235 g/mol. The van der Waals surface area contributed by atoms with Crippen LogP contribution in [0, 0.1) is 19.3 Å². The summed E-state index contributed by atoms with van der Waals surface area (Å²) in [5, 5.41) is 3.37. The van der Waals surface area contributed by atoms with E-state index < -0.39 is 0 Å². The second-order valence-electron chi connectivity index (χ2n) is 5.48. The lowest BCUT2D eigenvalue weighted by Gasteiger charge is -2.25. The molecule has 0 aliphatic carbocycles. The summed E-state index contributed by atoms with van der Waals surface area (Å²) < 4.78 is 5.86. The van der Waals surface area contributed by atoms with E-state index in [4.69, 9.17) is 4.74 Å². The molecule has 1 aromatic carbocycles. The highest BCUT2D eigenvalue weighted by Crippen LogP contribution is 2.20. The number of hydrogen-bond donors (Lipinski definition) is 1. The van der Waals surface area contributed by atoms with Gasteiger partial charge >= 0.3 is 0 Å². The molecule has 0 spiro atoms. The van der Waals surface area contributed by atoms with Crippen LogP contribution in [0.15, 0.2) is 18.2 Å². The average Bonchev–Trinajstić information content (AvgIpc) is 2.28. The highest BCUT2D eigenvalue weighted by Gasteiger charge is 2.18. The van der Waals surface area contributed by atoms with Gasteiger partial charge in [0.2, 0.25) is 0 Å². The fourth-order valence-corrected chi connectivity index (χ4v) is 1.60. The Morgan fingerprint density at radius 3 is 2.47 bits per heavy atom. The zero-order valence-electron chi connectivity index (χ0n) is 11.8. The van der Waals surface area contributed by atoms with E-state index in [-0.39, 0.29) is 5.41 Å². The van der Waals surface area contributed by atoms with E-state index in [1.165, 1.54) is 11.1 Å². The average molecular weight is 235 g/mol. The van der Waals surface area contributed by atoms with Crippen molar-refractivity contribution in [2.24, 2.45) is 5.41 Å². The minimum absolute atomic E-state index is 0.162. The number of ether oxygens (including phenoxy) is 1. The fraction of sp³-hybridized carbons (Fsp3) is 0.600. The third-order valence-corrected chi connectivity index (χ3v) is 2.96. The number of rotatable bonds is 6. The molecule has 0 amide bonds. The topological polar surface area (TPSA) is 21.3 Å². The Labute approximate surface area is 105 Å². The summed E-state index contributed by atoms with van der Waals surface area (Å²) in [6.45, 7) is 13.5. The van der Waals surface area contributed by atoms with Crippen LogP contribution >= 0.6 is 0 Å². The van der Waals surface area contributed by atoms with Crippen molar-refractivity contribution in [2.75, 3.05) is 19.7 Å². The molecule has 0 aliphatic heterocycles. The van der Waals surface area contributed by atoms with Gasteiger partial charge in [-0.3, -0.25) is 0 Å². The van der Waals surface area contributed by atoms with Crippen molar-refractivity contribution < 1.29 is 4.74 Å². The third kappa shape index (κ3) is 4.78. The lowest BCUT2D eigenvalue weighted by molar-refractivity contribution is 0.177. The van der Waals surface area contributed by atoms with Gasteiger partial charge in [0, 0.05) is 12.0 Å². The summed E-state index contributed by atoms with van der Waals surface area (Å²) in [6, 6.07) is 6.27. The zero-order chi connectivity index (χ0) is 12.9. The zero-order valence-corrected chi connectivity index (χ0v) is 11.8. The second-order valence-corrected chi connectivity index (χ2v) is 5.48. The van der Waals surface area contributed by atoms with E-state index in [1.54, 1.807) is 0 Å². The summed E-state index contributed by atoms with van der Waals surface area (Å²) in [7, 11) is 0. The maximum Gasteiger partial charge on any atom is 0.119 e. The van der Waals surface area contributed by atoms with Gasteiger partial charge in [-0.1, -0.05) is 26.8 Å². The van der Waals surface area contributed by atoms with Crippen LogP contribution in [0.4, 0.5) is 0 Å². The molecule has 0 radical (unpaired) electrons. The number of nitrogens with one attached hydrogen (secondary N) is 1. The van der Waals surface area contributed by atoms with Crippen LogP contribution in [0.25, 0.3) is 0 Å². The summed E-state index contributed by atoms with van der Waals surface area (Å²) in [6.07, 6.45) is 0. The molecule has 0 aliphatic rings. The molecule has 2 nitrogen and oxygen atoms in total. The Morgan fingerprint density at radius 2 is 1.88 bits per heavy atom. The van der Waals surface area contributed by atoms with Crippen molar-refractivity contribution in [1.29, 1.82) is 0 Å². The van der Waals surface area contributed by atoms with Crippen molar-refractivity contribution in [2.45, 2.75) is 34.6 Å². The van der Waals surface area contributed by atoms with E-state index >= 15 is 0 Å². The molecule has 0 aromatic heterocycles. The van der Waals surface area contributed by atoms with Crippen molar-refractivity contribution in [1.82, 2.24) is 5.32 Å². The minimum Gasteiger partial charge on any atom is -0.493 e. The van der Waals surface area contributed by atoms with E-state index in [0.717, 1.165) is 25.4 Å². The van der Waals surface area contributed by atoms with Crippen molar-refractivity contribution in [3.05, 3.63) is 29.3 Å². The predicted molar refractivity (Wildman–Crippen MR) is 73.7 cm³/mol. The lowest BCUT2D eigenvalue weighted by Crippen LogP contribution is -2.34. The van der Waals surface area contributed by atoms with Crippen molar-refractivity contribution in [3.63, 3.8) is 0 Å². The highest BCUT2D eigenvalue weighted by atomic mass is 16.5. The molecular weight excluding hydrogens is 210 g/mol. The van der Waals surface area contributed by atoms with Crippen LogP contribution in [-0.2, 0) is 0 Å². The van der Waals surface area contributed by atoms with Gasteiger partial charge in [0.1, 0.15) is 5.75 Å². The smallest absolute Gasteiger partial charge is 0.119 e. The second kappa shape index (κ2) is 6.06. The lowest BCUT2D eigenvalue weighted by atomic mass is 9.95. The molecule has 1 aromatic rings. The molecular formula is C15H25NO. The quantitative estimate of drug-likeness (QED) is 0.816. The first-order valence-corrected chi connectivity index (χ1v) is 6.35. The third-order valence-electron chi connectivity index (χ3n) is 2.96. The first kappa shape index (κ1) is 14.0. The van der Waals surface area contributed by atoms with Crippen molar-refractivity contribution in [3.8, 4) is 5.75 Å². The van der Waals surface area contributed by atoms with Crippen LogP contribution in [0.3, 0.4) is 0 Å². The number of aryl methyl sites for hydroxylation is 2. The molecule has 0 saturated carbocycles. The van der Waals surface area contributed by atoms with Crippen LogP contribution < -0.4 is 10.1 Å². The number of benzene rings is 1. The Hall–Kier alpha value is -1.02. The van der Waals surface area contributed by atoms with E-state index in [9.17, 15) is 0 Å². The molecule has 0 saturated heterocycles. The van der Waals surface area contributed by atoms with Crippen LogP contribution in [0.5, 0.6) is 5.75 Å². The van der Waals surface area contributed by atoms with Gasteiger partial charge in [-0.2, -0.15) is 0 Å². The SMILES string of the molecule is CCNCC(C)(C)COc1ccc(C)c(C)c1. The summed E-state index contributed by atoms with van der Waals surface area (Å²) in [5.41, 5.74) is 2.76. The minimum atomic E-state index is 0.162. The Morgan fingerprint density at radius 1 is 1.18 bits per heavy atom. The van der Waals surface area contributed by atoms with E-state index in [1.807, 2.05) is 6.07 Å². The fourth-order valence-electron chi connectivity index (χ4n) is 1.60. The molecule has 1 N–H and O–H groups in total. The normalized spacial score (nSPS) is 11.6. The Kier molecular flexibility index (Phi) is 5.01. The predicted octanol–water partition coefficient (Wildman–Crippen LogP) is 3.32. The first-order valence-electron chi connectivity index (χ1n) is 6.35. The largest absolute Gasteiger partial charge is 0.493 e. The van der Waals surface area contributed by atoms with Crippen LogP contribution in [-0.4, -0.2) is 19.7 Å². The molecule has 96 valence electrons. The van der Waals surface area contributed by atoms with Gasteiger partial charge < -0.3 is 10.1 Å². The standard InChI is InChI=1S/C15H25NO/c1-6-16-10-15(4,5)11-17-14-8-7-12(2)13(3)9-14/h7-9,16H,6,10-11H2,1-5H3. The van der Waals surface area contributed by atoms with Crippen LogP contribution in [0.1, 0.15) is 31.9 Å². The summed E-state index contributed by atoms with van der Waals surface area (Å²) in [4.78, 5) is 0. The summed E-state index contributed by atoms with van der Waals surface area (Å²) in [5.74, 6) is 0.970. The molecule has 2 heteroatoms. The van der Waals surface area contributed by atoms with Gasteiger partial charge in [0.25, 0.3) is 0 Å². The van der Waals surface area contributed by atoms with Crippen LogP contribution in [0.2, 0.25) is 0 Å². The molecule has 0 atom stereocenters. The molecule has 0 bridgehead atoms. The van der Waals surface area contributed by atoms with Gasteiger partial charge in [-0.15, -0.1) is 0 Å². The van der Waals surface area contributed by atoms with E-state index in [0.29, 0.717) is 0 Å². The van der Waals surface area contributed by atoms with Gasteiger partial charge in [-0.25, -0.2) is 0 Å². The van der Waals surface area contributed by atoms with Gasteiger partial charge in [-0.05, 0) is 43.7 Å². The molecule has 1 rings (SSSR count). The maximum absolute atomic E-state index is 5.86. The molecule has 0 fully saturated rings. The first-order chi connectivity index (χ1) is 7.94. The molecule has 0 unspecified atom stereocenters. The highest BCUT2D eigenvalue weighted by molar-refractivity contribution is 5.33. The van der Waals surface area contributed by atoms with Gasteiger partial charge in [0.05, 0.1) is 6.61 Å². The summed E-state index contributed by atoms with van der Waals surface area (Å²) >= 11 is 0.